The van der Waals surface area contributed by atoms with E-state index in [1.165, 1.54) is 0 Å². The van der Waals surface area contributed by atoms with Crippen LogP contribution in [0.5, 0.6) is 0 Å². The zero-order valence-corrected chi connectivity index (χ0v) is 9.54. The minimum atomic E-state index is -0.189. The molecule has 0 aromatic rings. The van der Waals surface area contributed by atoms with Crippen LogP contribution in [0.25, 0.3) is 0 Å². The summed E-state index contributed by atoms with van der Waals surface area (Å²) >= 11 is 0. The first kappa shape index (κ1) is 12.0. The predicted octanol–water partition coefficient (Wildman–Crippen LogP) is 1.22. The van der Waals surface area contributed by atoms with E-state index in [0.717, 1.165) is 6.42 Å². The van der Waals surface area contributed by atoms with Gasteiger partial charge in [0.05, 0.1) is 12.2 Å². The molecule has 2 atom stereocenters. The minimum absolute atomic E-state index is 0.0267. The molecule has 84 valence electrons. The van der Waals surface area contributed by atoms with Crippen LogP contribution in [0.1, 0.15) is 33.6 Å². The van der Waals surface area contributed by atoms with Gasteiger partial charge in [-0.05, 0) is 13.3 Å². The monoisotopic (exact) mass is 210 g/mol. The van der Waals surface area contributed by atoms with E-state index in [9.17, 15) is 4.79 Å². The highest BCUT2D eigenvalue weighted by Gasteiger charge is 2.49. The number of hydrogen-bond acceptors (Lipinski definition) is 3. The number of amides is 1. The molecule has 1 saturated carbocycles. The third-order valence-electron chi connectivity index (χ3n) is 3.12. The number of carbonyl (C=O) groups is 1. The highest BCUT2D eigenvalue weighted by atomic mass is 16.5. The number of hydrogen-bond donors (Lipinski definition) is 1. The Morgan fingerprint density at radius 3 is 2.80 bits per heavy atom. The van der Waals surface area contributed by atoms with E-state index in [2.05, 4.69) is 19.2 Å². The van der Waals surface area contributed by atoms with Crippen LogP contribution >= 0.6 is 0 Å². The van der Waals surface area contributed by atoms with Crippen LogP contribution in [0.3, 0.4) is 0 Å². The van der Waals surface area contributed by atoms with Crippen LogP contribution in [-0.4, -0.2) is 24.7 Å². The molecular formula is C11H18N2O2. The number of nitrogens with zero attached hydrogens (tertiary/aromatic N) is 1. The summed E-state index contributed by atoms with van der Waals surface area (Å²) in [5.74, 6) is -0.189. The molecule has 15 heavy (non-hydrogen) atoms. The summed E-state index contributed by atoms with van der Waals surface area (Å²) in [4.78, 5) is 11.2. The molecule has 0 bridgehead atoms. The van der Waals surface area contributed by atoms with Gasteiger partial charge in [0.2, 0.25) is 5.91 Å². The summed E-state index contributed by atoms with van der Waals surface area (Å²) in [7, 11) is 0. The maximum absolute atomic E-state index is 11.2. The Balaban J connectivity index is 2.42. The molecule has 4 heteroatoms. The molecule has 0 spiro atoms. The molecule has 0 heterocycles. The van der Waals surface area contributed by atoms with Crippen molar-refractivity contribution in [3.8, 4) is 6.07 Å². The van der Waals surface area contributed by atoms with E-state index in [4.69, 9.17) is 10.00 Å². The fraction of sp³-hybridized carbons (Fsp3) is 0.818. The Labute approximate surface area is 90.6 Å². The fourth-order valence-corrected chi connectivity index (χ4v) is 1.93. The van der Waals surface area contributed by atoms with E-state index in [0.29, 0.717) is 6.61 Å². The molecule has 1 aliphatic carbocycles. The molecule has 4 nitrogen and oxygen atoms in total. The van der Waals surface area contributed by atoms with Crippen LogP contribution in [0, 0.1) is 16.7 Å². The van der Waals surface area contributed by atoms with Gasteiger partial charge in [0.15, 0.2) is 0 Å². The number of carbonyl (C=O) groups excluding carboxylic acids is 1. The topological polar surface area (TPSA) is 62.1 Å². The second-order valence-electron chi connectivity index (χ2n) is 4.46. The summed E-state index contributed by atoms with van der Waals surface area (Å²) < 4.78 is 5.55. The van der Waals surface area contributed by atoms with Gasteiger partial charge in [-0.1, -0.05) is 13.8 Å². The first-order valence-electron chi connectivity index (χ1n) is 5.30. The molecular weight excluding hydrogens is 192 g/mol. The Bertz CT molecular complexity index is 281. The maximum Gasteiger partial charge on any atom is 0.234 e. The lowest BCUT2D eigenvalue weighted by Gasteiger charge is -2.51. The normalized spacial score (nSPS) is 27.6. The van der Waals surface area contributed by atoms with Gasteiger partial charge >= 0.3 is 0 Å². The molecule has 2 unspecified atom stereocenters. The molecule has 0 aromatic carbocycles. The Morgan fingerprint density at radius 2 is 2.33 bits per heavy atom. The van der Waals surface area contributed by atoms with E-state index < -0.39 is 0 Å². The van der Waals surface area contributed by atoms with Gasteiger partial charge in [-0.2, -0.15) is 5.26 Å². The molecule has 1 rings (SSSR count). The zero-order valence-electron chi connectivity index (χ0n) is 9.54. The lowest BCUT2D eigenvalue weighted by molar-refractivity contribution is -0.135. The lowest BCUT2D eigenvalue weighted by Crippen LogP contribution is -2.62. The van der Waals surface area contributed by atoms with Crippen LogP contribution in [0.2, 0.25) is 0 Å². The van der Waals surface area contributed by atoms with Gasteiger partial charge in [0, 0.05) is 18.1 Å². The van der Waals surface area contributed by atoms with Crippen LogP contribution < -0.4 is 5.32 Å². The first-order chi connectivity index (χ1) is 7.02. The van der Waals surface area contributed by atoms with Gasteiger partial charge < -0.3 is 10.1 Å². The SMILES string of the molecule is CCOC1CC(NC(=O)CC#N)C1(C)C. The molecule has 0 saturated heterocycles. The van der Waals surface area contributed by atoms with E-state index >= 15 is 0 Å². The maximum atomic E-state index is 11.2. The highest BCUT2D eigenvalue weighted by molar-refractivity contribution is 5.78. The standard InChI is InChI=1S/C11H18N2O2/c1-4-15-9-7-8(11(9,2)3)13-10(14)5-6-12/h8-9H,4-5,7H2,1-3H3,(H,13,14). The van der Waals surface area contributed by atoms with Crippen molar-refractivity contribution in [3.63, 3.8) is 0 Å². The zero-order chi connectivity index (χ0) is 11.5. The van der Waals surface area contributed by atoms with Crippen molar-refractivity contribution < 1.29 is 9.53 Å². The highest BCUT2D eigenvalue weighted by Crippen LogP contribution is 2.42. The summed E-state index contributed by atoms with van der Waals surface area (Å²) in [6, 6.07) is 1.98. The smallest absolute Gasteiger partial charge is 0.234 e. The van der Waals surface area contributed by atoms with Crippen molar-refractivity contribution in [1.82, 2.24) is 5.32 Å². The quantitative estimate of drug-likeness (QED) is 0.758. The summed E-state index contributed by atoms with van der Waals surface area (Å²) in [5, 5.41) is 11.2. The predicted molar refractivity (Wildman–Crippen MR) is 56.0 cm³/mol. The molecule has 1 amide bonds. The lowest BCUT2D eigenvalue weighted by atomic mass is 9.64. The second-order valence-corrected chi connectivity index (χ2v) is 4.46. The van der Waals surface area contributed by atoms with Crippen LogP contribution in [-0.2, 0) is 9.53 Å². The van der Waals surface area contributed by atoms with Crippen molar-refractivity contribution >= 4 is 5.91 Å². The average molecular weight is 210 g/mol. The van der Waals surface area contributed by atoms with Crippen molar-refractivity contribution in [2.45, 2.75) is 45.8 Å². The van der Waals surface area contributed by atoms with Crippen LogP contribution in [0.15, 0.2) is 0 Å². The van der Waals surface area contributed by atoms with Crippen molar-refractivity contribution in [3.05, 3.63) is 0 Å². The summed E-state index contributed by atoms with van der Waals surface area (Å²) in [6.45, 7) is 6.83. The van der Waals surface area contributed by atoms with Gasteiger partial charge in [-0.25, -0.2) is 0 Å². The molecule has 1 N–H and O–H groups in total. The largest absolute Gasteiger partial charge is 0.378 e. The first-order valence-corrected chi connectivity index (χ1v) is 5.30. The molecule has 0 aliphatic heterocycles. The molecule has 1 aliphatic rings. The number of ether oxygens (including phenoxy) is 1. The summed E-state index contributed by atoms with van der Waals surface area (Å²) in [5.41, 5.74) is -0.0267. The van der Waals surface area contributed by atoms with Gasteiger partial charge in [0.1, 0.15) is 6.42 Å². The third-order valence-corrected chi connectivity index (χ3v) is 3.12. The van der Waals surface area contributed by atoms with Gasteiger partial charge in [0.25, 0.3) is 0 Å². The Kier molecular flexibility index (Phi) is 3.70. The summed E-state index contributed by atoms with van der Waals surface area (Å²) in [6.07, 6.45) is 0.999. The number of nitriles is 1. The average Bonchev–Trinajstić information content (AvgIpc) is 2.17. The fourth-order valence-electron chi connectivity index (χ4n) is 1.93. The third kappa shape index (κ3) is 2.48. The minimum Gasteiger partial charge on any atom is -0.378 e. The number of rotatable bonds is 4. The van der Waals surface area contributed by atoms with E-state index in [1.54, 1.807) is 0 Å². The van der Waals surface area contributed by atoms with E-state index in [1.807, 2.05) is 13.0 Å². The Morgan fingerprint density at radius 1 is 1.67 bits per heavy atom. The molecule has 0 aromatic heterocycles. The number of nitrogens with one attached hydrogen (secondary N) is 1. The van der Waals surface area contributed by atoms with Gasteiger partial charge in [-0.3, -0.25) is 4.79 Å². The van der Waals surface area contributed by atoms with Crippen molar-refractivity contribution in [2.24, 2.45) is 5.41 Å². The van der Waals surface area contributed by atoms with Crippen LogP contribution in [0.4, 0.5) is 0 Å². The second kappa shape index (κ2) is 4.63. The molecule has 0 radical (unpaired) electrons. The van der Waals surface area contributed by atoms with Gasteiger partial charge in [-0.15, -0.1) is 0 Å². The van der Waals surface area contributed by atoms with Crippen molar-refractivity contribution in [2.75, 3.05) is 6.61 Å². The molecule has 1 fully saturated rings. The Hall–Kier alpha value is -1.08. The van der Waals surface area contributed by atoms with Crippen molar-refractivity contribution in [1.29, 1.82) is 5.26 Å². The van der Waals surface area contributed by atoms with E-state index in [-0.39, 0.29) is 29.9 Å².